The van der Waals surface area contributed by atoms with Crippen molar-refractivity contribution in [3.8, 4) is 5.75 Å². The Morgan fingerprint density at radius 3 is 2.56 bits per heavy atom. The second-order valence-corrected chi connectivity index (χ2v) is 9.13. The summed E-state index contributed by atoms with van der Waals surface area (Å²) in [7, 11) is 1.64. The second-order valence-electron chi connectivity index (χ2n) is 8.33. The average Bonchev–Trinajstić information content (AvgIpc) is 3.49. The van der Waals surface area contributed by atoms with E-state index in [1.165, 1.54) is 0 Å². The van der Waals surface area contributed by atoms with Crippen LogP contribution < -0.4 is 15.0 Å². The van der Waals surface area contributed by atoms with Gasteiger partial charge < -0.3 is 24.3 Å². The number of nitrogens with one attached hydrogen (secondary N) is 1. The van der Waals surface area contributed by atoms with Gasteiger partial charge in [0.2, 0.25) is 0 Å². The molecule has 0 bridgehead atoms. The number of ether oxygens (including phenoxy) is 2. The quantitative estimate of drug-likeness (QED) is 0.241. The fourth-order valence-electron chi connectivity index (χ4n) is 4.43. The van der Waals surface area contributed by atoms with Crippen LogP contribution in [0.4, 0.5) is 5.69 Å². The molecule has 0 amide bonds. The lowest BCUT2D eigenvalue weighted by Crippen LogP contribution is -2.30. The number of nitrogens with zero attached hydrogens (tertiary/aromatic N) is 4. The van der Waals surface area contributed by atoms with Gasteiger partial charge in [0.1, 0.15) is 18.4 Å². The molecular formula is C27H26ClN5O2S. The number of rotatable bonds is 9. The highest BCUT2D eigenvalue weighted by Crippen LogP contribution is 2.43. The van der Waals surface area contributed by atoms with Gasteiger partial charge in [-0.15, -0.1) is 0 Å². The highest BCUT2D eigenvalue weighted by Gasteiger charge is 2.42. The number of thiocarbonyl (C=S) groups is 1. The van der Waals surface area contributed by atoms with Crippen molar-refractivity contribution in [1.29, 1.82) is 0 Å². The largest absolute Gasteiger partial charge is 0.490 e. The molecule has 0 spiro atoms. The van der Waals surface area contributed by atoms with Crippen LogP contribution in [0.15, 0.2) is 85.3 Å². The molecule has 9 heteroatoms. The van der Waals surface area contributed by atoms with E-state index >= 15 is 0 Å². The predicted molar refractivity (Wildman–Crippen MR) is 145 cm³/mol. The van der Waals surface area contributed by atoms with Gasteiger partial charge in [0.05, 0.1) is 35.6 Å². The Hall–Kier alpha value is -3.46. The minimum Gasteiger partial charge on any atom is -0.490 e. The summed E-state index contributed by atoms with van der Waals surface area (Å²) in [4.78, 5) is 11.3. The summed E-state index contributed by atoms with van der Waals surface area (Å²) in [6, 6.07) is 21.4. The summed E-state index contributed by atoms with van der Waals surface area (Å²) in [6.07, 6.45) is 5.68. The molecule has 1 aliphatic heterocycles. The van der Waals surface area contributed by atoms with E-state index in [-0.39, 0.29) is 12.1 Å². The van der Waals surface area contributed by atoms with Gasteiger partial charge in [0, 0.05) is 37.1 Å². The molecule has 0 saturated carbocycles. The van der Waals surface area contributed by atoms with Crippen molar-refractivity contribution in [2.75, 3.05) is 25.2 Å². The maximum absolute atomic E-state index is 6.62. The Kier molecular flexibility index (Phi) is 7.46. The van der Waals surface area contributed by atoms with Crippen molar-refractivity contribution in [2.24, 2.45) is 0 Å². The Morgan fingerprint density at radius 1 is 1.00 bits per heavy atom. The molecule has 3 aromatic heterocycles. The van der Waals surface area contributed by atoms with Crippen molar-refractivity contribution in [3.63, 3.8) is 0 Å². The molecule has 184 valence electrons. The molecule has 1 N–H and O–H groups in total. The van der Waals surface area contributed by atoms with Gasteiger partial charge in [-0.05, 0) is 66.8 Å². The molecule has 2 atom stereocenters. The van der Waals surface area contributed by atoms with Crippen LogP contribution in [0, 0.1) is 0 Å². The van der Waals surface area contributed by atoms with E-state index in [0.29, 0.717) is 35.6 Å². The molecule has 1 aliphatic rings. The fourth-order valence-corrected chi connectivity index (χ4v) is 5.01. The second kappa shape index (κ2) is 11.1. The summed E-state index contributed by atoms with van der Waals surface area (Å²) in [5.41, 5.74) is 3.83. The normalized spacial score (nSPS) is 17.3. The molecule has 0 radical (unpaired) electrons. The first-order valence-electron chi connectivity index (χ1n) is 11.6. The maximum atomic E-state index is 6.62. The molecule has 36 heavy (non-hydrogen) atoms. The first-order valence-corrected chi connectivity index (χ1v) is 12.4. The number of anilines is 1. The fraction of sp³-hybridized carbons (Fsp3) is 0.222. The molecule has 0 unspecified atom stereocenters. The van der Waals surface area contributed by atoms with Gasteiger partial charge in [0.15, 0.2) is 5.11 Å². The van der Waals surface area contributed by atoms with E-state index in [0.717, 1.165) is 22.8 Å². The number of aromatic nitrogens is 3. The summed E-state index contributed by atoms with van der Waals surface area (Å²) in [6.45, 7) is 1.55. The van der Waals surface area contributed by atoms with Crippen LogP contribution in [-0.2, 0) is 11.3 Å². The topological polar surface area (TPSA) is 64.4 Å². The van der Waals surface area contributed by atoms with Crippen LogP contribution in [0.1, 0.15) is 29.2 Å². The van der Waals surface area contributed by atoms with E-state index in [9.17, 15) is 0 Å². The summed E-state index contributed by atoms with van der Waals surface area (Å²) in [5.74, 6) is 0.604. The molecule has 1 aromatic carbocycles. The summed E-state index contributed by atoms with van der Waals surface area (Å²) >= 11 is 12.5. The SMILES string of the molecule is COCCOc1ccc(N2C(=S)N[C@H](c3ccccn3)[C@@H]2c2cccn2Cc2ccccn2)cc1Cl. The molecule has 1 saturated heterocycles. The van der Waals surface area contributed by atoms with Gasteiger partial charge in [-0.25, -0.2) is 0 Å². The van der Waals surface area contributed by atoms with Crippen LogP contribution in [0.3, 0.4) is 0 Å². The van der Waals surface area contributed by atoms with Crippen molar-refractivity contribution in [1.82, 2.24) is 19.9 Å². The first-order chi connectivity index (χ1) is 17.7. The Balaban J connectivity index is 1.53. The zero-order chi connectivity index (χ0) is 24.9. The number of hydrogen-bond acceptors (Lipinski definition) is 5. The van der Waals surface area contributed by atoms with E-state index < -0.39 is 0 Å². The van der Waals surface area contributed by atoms with Crippen LogP contribution in [0.5, 0.6) is 5.75 Å². The number of hydrogen-bond donors (Lipinski definition) is 1. The van der Waals surface area contributed by atoms with E-state index in [2.05, 4.69) is 37.0 Å². The van der Waals surface area contributed by atoms with Gasteiger partial charge in [0.25, 0.3) is 0 Å². The smallest absolute Gasteiger partial charge is 0.174 e. The molecule has 4 heterocycles. The Labute approximate surface area is 220 Å². The van der Waals surface area contributed by atoms with Crippen molar-refractivity contribution in [3.05, 3.63) is 107 Å². The number of methoxy groups -OCH3 is 1. The predicted octanol–water partition coefficient (Wildman–Crippen LogP) is 5.18. The zero-order valence-corrected chi connectivity index (χ0v) is 21.3. The third kappa shape index (κ3) is 5.06. The molecule has 5 rings (SSSR count). The standard InChI is InChI=1S/C27H26ClN5O2S/c1-34-15-16-35-24-11-10-20(17-21(24)28)33-26(25(31-27(33)36)22-8-3-5-13-30-22)23-9-6-14-32(23)18-19-7-2-4-12-29-19/h2-14,17,25-26H,15-16,18H2,1H3,(H,31,36)/t25-,26+/m1/s1. The molecule has 7 nitrogen and oxygen atoms in total. The van der Waals surface area contributed by atoms with Crippen molar-refractivity contribution in [2.45, 2.75) is 18.6 Å². The average molecular weight is 520 g/mol. The van der Waals surface area contributed by atoms with E-state index in [1.54, 1.807) is 13.3 Å². The van der Waals surface area contributed by atoms with Crippen LogP contribution in [-0.4, -0.2) is 40.0 Å². The van der Waals surface area contributed by atoms with Gasteiger partial charge in [-0.3, -0.25) is 9.97 Å². The highest BCUT2D eigenvalue weighted by molar-refractivity contribution is 7.80. The monoisotopic (exact) mass is 519 g/mol. The lowest BCUT2D eigenvalue weighted by atomic mass is 10.0. The number of halogens is 1. The molecule has 1 fully saturated rings. The first kappa shape index (κ1) is 24.2. The van der Waals surface area contributed by atoms with Crippen LogP contribution in [0.2, 0.25) is 5.02 Å². The minimum atomic E-state index is -0.164. The lowest BCUT2D eigenvalue weighted by molar-refractivity contribution is 0.146. The number of pyridine rings is 2. The minimum absolute atomic E-state index is 0.160. The number of benzene rings is 1. The zero-order valence-electron chi connectivity index (χ0n) is 19.8. The maximum Gasteiger partial charge on any atom is 0.174 e. The van der Waals surface area contributed by atoms with Crippen LogP contribution in [0.25, 0.3) is 0 Å². The molecular weight excluding hydrogens is 494 g/mol. The summed E-state index contributed by atoms with van der Waals surface area (Å²) < 4.78 is 13.0. The Bertz CT molecular complexity index is 1320. The van der Waals surface area contributed by atoms with Crippen molar-refractivity contribution >= 4 is 34.6 Å². The molecule has 4 aromatic rings. The lowest BCUT2D eigenvalue weighted by Gasteiger charge is -2.29. The third-order valence-corrected chi connectivity index (χ3v) is 6.67. The molecule has 0 aliphatic carbocycles. The Morgan fingerprint density at radius 2 is 1.83 bits per heavy atom. The third-order valence-electron chi connectivity index (χ3n) is 6.06. The van der Waals surface area contributed by atoms with Crippen molar-refractivity contribution < 1.29 is 9.47 Å². The van der Waals surface area contributed by atoms with Gasteiger partial charge in [-0.1, -0.05) is 23.7 Å². The highest BCUT2D eigenvalue weighted by atomic mass is 35.5. The van der Waals surface area contributed by atoms with Crippen LogP contribution >= 0.6 is 23.8 Å². The van der Waals surface area contributed by atoms with Gasteiger partial charge in [-0.2, -0.15) is 0 Å². The summed E-state index contributed by atoms with van der Waals surface area (Å²) in [5, 5.41) is 4.61. The van der Waals surface area contributed by atoms with E-state index in [1.807, 2.05) is 66.9 Å². The van der Waals surface area contributed by atoms with Gasteiger partial charge >= 0.3 is 0 Å². The van der Waals surface area contributed by atoms with E-state index in [4.69, 9.17) is 33.3 Å².